The minimum atomic E-state index is -3.45. The van der Waals surface area contributed by atoms with Gasteiger partial charge in [0.1, 0.15) is 5.82 Å². The molecule has 5 nitrogen and oxygen atoms in total. The maximum atomic E-state index is 12.9. The van der Waals surface area contributed by atoms with E-state index in [4.69, 9.17) is 0 Å². The number of nitrogens with zero attached hydrogens (tertiary/aromatic N) is 1. The fraction of sp³-hybridized carbons (Fsp3) is 0.381. The molecule has 3 rings (SSSR count). The van der Waals surface area contributed by atoms with Crippen molar-refractivity contribution in [3.05, 3.63) is 65.5 Å². The van der Waals surface area contributed by atoms with Gasteiger partial charge in [-0.2, -0.15) is 4.31 Å². The Hall–Kier alpha value is -2.25. The van der Waals surface area contributed by atoms with Crippen molar-refractivity contribution in [1.82, 2.24) is 9.62 Å². The summed E-state index contributed by atoms with van der Waals surface area (Å²) in [6.45, 7) is 1.60. The summed E-state index contributed by atoms with van der Waals surface area (Å²) in [5, 5.41) is 2.83. The SMILES string of the molecule is O=C(Cc1ccc(S(=O)(=O)N2CCCCC2)cc1)NCCc1ccc(F)cc1. The largest absolute Gasteiger partial charge is 0.355 e. The van der Waals surface area contributed by atoms with Gasteiger partial charge in [-0.05, 0) is 54.7 Å². The first kappa shape index (κ1) is 20.5. The molecule has 0 radical (unpaired) electrons. The molecule has 0 bridgehead atoms. The number of amides is 1. The van der Waals surface area contributed by atoms with E-state index in [0.29, 0.717) is 26.1 Å². The van der Waals surface area contributed by atoms with Crippen molar-refractivity contribution in [3.63, 3.8) is 0 Å². The van der Waals surface area contributed by atoms with E-state index < -0.39 is 10.0 Å². The molecular weight excluding hydrogens is 379 g/mol. The quantitative estimate of drug-likeness (QED) is 0.772. The average Bonchev–Trinajstić information content (AvgIpc) is 2.70. The molecule has 150 valence electrons. The Morgan fingerprint density at radius 2 is 1.54 bits per heavy atom. The van der Waals surface area contributed by atoms with E-state index in [1.807, 2.05) is 0 Å². The highest BCUT2D eigenvalue weighted by Gasteiger charge is 2.25. The molecule has 0 aromatic heterocycles. The molecular formula is C21H25FN2O3S. The summed E-state index contributed by atoms with van der Waals surface area (Å²) in [5.74, 6) is -0.410. The normalized spacial score (nSPS) is 15.3. The van der Waals surface area contributed by atoms with E-state index in [1.54, 1.807) is 36.4 Å². The van der Waals surface area contributed by atoms with Gasteiger partial charge in [-0.3, -0.25) is 4.79 Å². The number of nitrogens with one attached hydrogen (secondary N) is 1. The summed E-state index contributed by atoms with van der Waals surface area (Å²) in [5.41, 5.74) is 1.71. The first-order chi connectivity index (χ1) is 13.4. The average molecular weight is 405 g/mol. The van der Waals surface area contributed by atoms with Crippen molar-refractivity contribution < 1.29 is 17.6 Å². The van der Waals surface area contributed by atoms with Gasteiger partial charge in [0.2, 0.25) is 15.9 Å². The standard InChI is InChI=1S/C21H25FN2O3S/c22-19-8-4-17(5-9-19)12-13-23-21(25)16-18-6-10-20(11-7-18)28(26,27)24-14-2-1-3-15-24/h4-11H,1-3,12-16H2,(H,23,25). The first-order valence-electron chi connectivity index (χ1n) is 9.55. The highest BCUT2D eigenvalue weighted by atomic mass is 32.2. The van der Waals surface area contributed by atoms with E-state index in [0.717, 1.165) is 30.4 Å². The second-order valence-electron chi connectivity index (χ2n) is 7.01. The smallest absolute Gasteiger partial charge is 0.243 e. The molecule has 2 aromatic carbocycles. The summed E-state index contributed by atoms with van der Waals surface area (Å²) in [6.07, 6.45) is 3.68. The van der Waals surface area contributed by atoms with Crippen molar-refractivity contribution in [2.75, 3.05) is 19.6 Å². The third kappa shape index (κ3) is 5.39. The van der Waals surface area contributed by atoms with Gasteiger partial charge in [-0.25, -0.2) is 12.8 Å². The molecule has 1 aliphatic rings. The van der Waals surface area contributed by atoms with Crippen LogP contribution in [0.4, 0.5) is 4.39 Å². The van der Waals surface area contributed by atoms with Crippen molar-refractivity contribution in [2.24, 2.45) is 0 Å². The van der Waals surface area contributed by atoms with Gasteiger partial charge in [0.05, 0.1) is 11.3 Å². The van der Waals surface area contributed by atoms with Gasteiger partial charge < -0.3 is 5.32 Å². The fourth-order valence-corrected chi connectivity index (χ4v) is 4.80. The molecule has 28 heavy (non-hydrogen) atoms. The molecule has 0 spiro atoms. The van der Waals surface area contributed by atoms with Gasteiger partial charge in [-0.1, -0.05) is 30.7 Å². The van der Waals surface area contributed by atoms with E-state index in [-0.39, 0.29) is 23.0 Å². The van der Waals surface area contributed by atoms with Crippen LogP contribution in [0.3, 0.4) is 0 Å². The lowest BCUT2D eigenvalue weighted by Crippen LogP contribution is -2.35. The molecule has 1 saturated heterocycles. The summed E-state index contributed by atoms with van der Waals surface area (Å²) >= 11 is 0. The highest BCUT2D eigenvalue weighted by molar-refractivity contribution is 7.89. The van der Waals surface area contributed by atoms with E-state index in [2.05, 4.69) is 5.32 Å². The Balaban J connectivity index is 1.50. The summed E-state index contributed by atoms with van der Waals surface area (Å²) in [7, 11) is -3.45. The molecule has 1 aliphatic heterocycles. The topological polar surface area (TPSA) is 66.5 Å². The Labute approximate surface area is 165 Å². The third-order valence-corrected chi connectivity index (χ3v) is 6.80. The summed E-state index contributed by atoms with van der Waals surface area (Å²) in [6, 6.07) is 12.7. The van der Waals surface area contributed by atoms with Gasteiger partial charge in [0, 0.05) is 19.6 Å². The number of benzene rings is 2. The maximum Gasteiger partial charge on any atom is 0.243 e. The zero-order valence-corrected chi connectivity index (χ0v) is 16.6. The number of carbonyl (C=O) groups is 1. The Bertz CT molecular complexity index is 890. The molecule has 0 aliphatic carbocycles. The van der Waals surface area contributed by atoms with Crippen LogP contribution in [0.25, 0.3) is 0 Å². The highest BCUT2D eigenvalue weighted by Crippen LogP contribution is 2.21. The van der Waals surface area contributed by atoms with Gasteiger partial charge in [-0.15, -0.1) is 0 Å². The number of halogens is 1. The van der Waals surface area contributed by atoms with Crippen LogP contribution >= 0.6 is 0 Å². The predicted octanol–water partition coefficient (Wildman–Crippen LogP) is 2.90. The summed E-state index contributed by atoms with van der Waals surface area (Å²) < 4.78 is 39.7. The van der Waals surface area contributed by atoms with Crippen molar-refractivity contribution in [2.45, 2.75) is 37.0 Å². The van der Waals surface area contributed by atoms with Crippen LogP contribution in [-0.2, 0) is 27.7 Å². The second kappa shape index (κ2) is 9.30. The van der Waals surface area contributed by atoms with Crippen molar-refractivity contribution in [3.8, 4) is 0 Å². The van der Waals surface area contributed by atoms with E-state index in [1.165, 1.54) is 16.4 Å². The third-order valence-electron chi connectivity index (χ3n) is 4.89. The van der Waals surface area contributed by atoms with Crippen molar-refractivity contribution in [1.29, 1.82) is 0 Å². The number of piperidine rings is 1. The molecule has 1 fully saturated rings. The number of rotatable bonds is 7. The van der Waals surface area contributed by atoms with Gasteiger partial charge in [0.25, 0.3) is 0 Å². The molecule has 0 saturated carbocycles. The van der Waals surface area contributed by atoms with Crippen LogP contribution in [0.5, 0.6) is 0 Å². The minimum absolute atomic E-state index is 0.131. The monoisotopic (exact) mass is 404 g/mol. The lowest BCUT2D eigenvalue weighted by molar-refractivity contribution is -0.120. The first-order valence-corrected chi connectivity index (χ1v) is 11.0. The van der Waals surface area contributed by atoms with E-state index in [9.17, 15) is 17.6 Å². The Morgan fingerprint density at radius 3 is 2.18 bits per heavy atom. The van der Waals surface area contributed by atoms with Gasteiger partial charge >= 0.3 is 0 Å². The van der Waals surface area contributed by atoms with E-state index >= 15 is 0 Å². The molecule has 1 amide bonds. The maximum absolute atomic E-state index is 12.9. The van der Waals surface area contributed by atoms with Crippen LogP contribution in [0.15, 0.2) is 53.4 Å². The predicted molar refractivity (Wildman–Crippen MR) is 106 cm³/mol. The number of sulfonamides is 1. The van der Waals surface area contributed by atoms with Crippen molar-refractivity contribution >= 4 is 15.9 Å². The lowest BCUT2D eigenvalue weighted by Gasteiger charge is -2.25. The van der Waals surface area contributed by atoms with Crippen LogP contribution < -0.4 is 5.32 Å². The molecule has 0 atom stereocenters. The van der Waals surface area contributed by atoms with Crippen LogP contribution in [0, 0.1) is 5.82 Å². The Morgan fingerprint density at radius 1 is 0.929 bits per heavy atom. The number of hydrogen-bond donors (Lipinski definition) is 1. The zero-order chi connectivity index (χ0) is 20.0. The number of carbonyl (C=O) groups excluding carboxylic acids is 1. The van der Waals surface area contributed by atoms with Crippen LogP contribution in [0.2, 0.25) is 0 Å². The molecule has 2 aromatic rings. The van der Waals surface area contributed by atoms with Crippen LogP contribution in [0.1, 0.15) is 30.4 Å². The molecule has 0 unspecified atom stereocenters. The minimum Gasteiger partial charge on any atom is -0.355 e. The zero-order valence-electron chi connectivity index (χ0n) is 15.7. The van der Waals surface area contributed by atoms with Gasteiger partial charge in [0.15, 0.2) is 0 Å². The lowest BCUT2D eigenvalue weighted by atomic mass is 10.1. The molecule has 7 heteroatoms. The second-order valence-corrected chi connectivity index (χ2v) is 8.95. The molecule has 1 heterocycles. The molecule has 1 N–H and O–H groups in total. The summed E-state index contributed by atoms with van der Waals surface area (Å²) in [4.78, 5) is 12.4. The fourth-order valence-electron chi connectivity index (χ4n) is 3.28. The Kier molecular flexibility index (Phi) is 6.80. The number of hydrogen-bond acceptors (Lipinski definition) is 3. The van der Waals surface area contributed by atoms with Crippen LogP contribution in [-0.4, -0.2) is 38.3 Å².